The molecule has 164 valence electrons. The van der Waals surface area contributed by atoms with Crippen molar-refractivity contribution < 1.29 is 9.59 Å². The van der Waals surface area contributed by atoms with Crippen LogP contribution in [0.4, 0.5) is 5.69 Å². The molecule has 0 aliphatic carbocycles. The molecule has 0 saturated heterocycles. The highest BCUT2D eigenvalue weighted by atomic mass is 16.2. The molecule has 5 heteroatoms. The molecule has 1 aliphatic heterocycles. The van der Waals surface area contributed by atoms with E-state index >= 15 is 0 Å². The van der Waals surface area contributed by atoms with Crippen molar-refractivity contribution in [2.75, 3.05) is 18.0 Å². The zero-order chi connectivity index (χ0) is 22.3. The number of hydrogen-bond acceptors (Lipinski definition) is 3. The van der Waals surface area contributed by atoms with E-state index in [9.17, 15) is 9.59 Å². The molecule has 0 unspecified atom stereocenters. The van der Waals surface area contributed by atoms with Gasteiger partial charge in [0.1, 0.15) is 0 Å². The molecule has 2 N–H and O–H groups in total. The van der Waals surface area contributed by atoms with Crippen molar-refractivity contribution in [2.24, 2.45) is 0 Å². The minimum Gasteiger partial charge on any atom is -0.367 e. The monoisotopic (exact) mass is 427 g/mol. The highest BCUT2D eigenvalue weighted by molar-refractivity contribution is 6.35. The van der Waals surface area contributed by atoms with Crippen LogP contribution in [0.5, 0.6) is 0 Å². The Morgan fingerprint density at radius 1 is 0.812 bits per heavy atom. The quantitative estimate of drug-likeness (QED) is 0.592. The highest BCUT2D eigenvalue weighted by Gasteiger charge is 2.16. The zero-order valence-electron chi connectivity index (χ0n) is 18.4. The van der Waals surface area contributed by atoms with E-state index in [0.717, 1.165) is 36.2 Å². The molecule has 0 spiro atoms. The molecule has 1 heterocycles. The van der Waals surface area contributed by atoms with Crippen molar-refractivity contribution in [1.82, 2.24) is 10.6 Å². The van der Waals surface area contributed by atoms with Crippen molar-refractivity contribution in [2.45, 2.75) is 32.9 Å². The second-order valence-electron chi connectivity index (χ2n) is 8.28. The van der Waals surface area contributed by atoms with Crippen molar-refractivity contribution in [1.29, 1.82) is 0 Å². The van der Waals surface area contributed by atoms with Crippen LogP contribution in [0.1, 0.15) is 27.8 Å². The highest BCUT2D eigenvalue weighted by Crippen LogP contribution is 2.24. The Morgan fingerprint density at radius 2 is 1.47 bits per heavy atom. The van der Waals surface area contributed by atoms with E-state index in [4.69, 9.17) is 0 Å². The molecule has 0 bridgehead atoms. The number of nitrogens with zero attached hydrogens (tertiary/aromatic N) is 1. The first-order chi connectivity index (χ1) is 15.6. The molecular formula is C27H29N3O2. The van der Waals surface area contributed by atoms with Gasteiger partial charge in [0.05, 0.1) is 0 Å². The number of carbonyl (C=O) groups excluding carboxylic acids is 2. The van der Waals surface area contributed by atoms with E-state index in [0.29, 0.717) is 19.5 Å². The fourth-order valence-corrected chi connectivity index (χ4v) is 3.96. The molecule has 0 radical (unpaired) electrons. The maximum absolute atomic E-state index is 12.0. The molecule has 32 heavy (non-hydrogen) atoms. The second kappa shape index (κ2) is 10.1. The first kappa shape index (κ1) is 21.6. The van der Waals surface area contributed by atoms with Gasteiger partial charge >= 0.3 is 11.8 Å². The maximum atomic E-state index is 12.0. The number of hydrogen-bond donors (Lipinski definition) is 2. The summed E-state index contributed by atoms with van der Waals surface area (Å²) < 4.78 is 0. The predicted octanol–water partition coefficient (Wildman–Crippen LogP) is 3.53. The van der Waals surface area contributed by atoms with Gasteiger partial charge in [-0.2, -0.15) is 0 Å². The Hall–Kier alpha value is -3.60. The van der Waals surface area contributed by atoms with Gasteiger partial charge in [0.25, 0.3) is 0 Å². The Balaban J connectivity index is 1.21. The summed E-state index contributed by atoms with van der Waals surface area (Å²) in [5, 5.41) is 5.37. The van der Waals surface area contributed by atoms with Gasteiger partial charge in [0, 0.05) is 31.9 Å². The zero-order valence-corrected chi connectivity index (χ0v) is 18.4. The lowest BCUT2D eigenvalue weighted by Crippen LogP contribution is -2.40. The van der Waals surface area contributed by atoms with Gasteiger partial charge in [-0.05, 0) is 54.2 Å². The predicted molar refractivity (Wildman–Crippen MR) is 127 cm³/mol. The lowest BCUT2D eigenvalue weighted by atomic mass is 9.99. The van der Waals surface area contributed by atoms with Crippen molar-refractivity contribution in [3.63, 3.8) is 0 Å². The van der Waals surface area contributed by atoms with Crippen molar-refractivity contribution in [3.8, 4) is 0 Å². The van der Waals surface area contributed by atoms with Crippen LogP contribution in [-0.2, 0) is 35.5 Å². The summed E-state index contributed by atoms with van der Waals surface area (Å²) in [6.07, 6.45) is 1.75. The second-order valence-corrected chi connectivity index (χ2v) is 8.28. The van der Waals surface area contributed by atoms with Crippen LogP contribution in [0.25, 0.3) is 0 Å². The Labute approximate surface area is 189 Å². The molecule has 1 aliphatic rings. The summed E-state index contributed by atoms with van der Waals surface area (Å²) in [4.78, 5) is 26.4. The molecule has 0 saturated carbocycles. The summed E-state index contributed by atoms with van der Waals surface area (Å²) in [5.74, 6) is -1.20. The van der Waals surface area contributed by atoms with Gasteiger partial charge in [-0.15, -0.1) is 0 Å². The summed E-state index contributed by atoms with van der Waals surface area (Å²) in [6, 6.07) is 25.0. The number of benzene rings is 3. The van der Waals surface area contributed by atoms with Crippen molar-refractivity contribution >= 4 is 17.5 Å². The van der Waals surface area contributed by atoms with E-state index in [1.54, 1.807) is 0 Å². The first-order valence-corrected chi connectivity index (χ1v) is 11.1. The molecule has 2 amide bonds. The van der Waals surface area contributed by atoms with Crippen LogP contribution >= 0.6 is 0 Å². The standard InChI is InChI=1S/C27H29N3O2/c1-20-6-8-22(9-7-20)18-29-27(32)26(31)28-16-14-21-10-12-25(13-11-21)30-17-15-23-4-2-3-5-24(23)19-30/h2-13H,14-19H2,1H3,(H,28,31)(H,29,32). The number of fused-ring (bicyclic) bond motifs is 1. The molecule has 3 aromatic rings. The van der Waals surface area contributed by atoms with Gasteiger partial charge < -0.3 is 15.5 Å². The maximum Gasteiger partial charge on any atom is 0.309 e. The number of aryl methyl sites for hydroxylation is 1. The topological polar surface area (TPSA) is 61.4 Å². The van der Waals surface area contributed by atoms with Gasteiger partial charge in [-0.3, -0.25) is 9.59 Å². The average Bonchev–Trinajstić information content (AvgIpc) is 2.83. The lowest BCUT2D eigenvalue weighted by Gasteiger charge is -2.30. The molecular weight excluding hydrogens is 398 g/mol. The van der Waals surface area contributed by atoms with Gasteiger partial charge in [-0.1, -0.05) is 66.2 Å². The molecule has 5 nitrogen and oxygen atoms in total. The van der Waals surface area contributed by atoms with Crippen LogP contribution in [0, 0.1) is 6.92 Å². The van der Waals surface area contributed by atoms with Crippen LogP contribution in [0.2, 0.25) is 0 Å². The van der Waals surface area contributed by atoms with Crippen LogP contribution < -0.4 is 15.5 Å². The normalized spacial score (nSPS) is 12.7. The fourth-order valence-electron chi connectivity index (χ4n) is 3.96. The van der Waals surface area contributed by atoms with E-state index in [-0.39, 0.29) is 0 Å². The summed E-state index contributed by atoms with van der Waals surface area (Å²) in [7, 11) is 0. The van der Waals surface area contributed by atoms with Gasteiger partial charge in [-0.25, -0.2) is 0 Å². The summed E-state index contributed by atoms with van der Waals surface area (Å²) in [6.45, 7) is 4.73. The Morgan fingerprint density at radius 3 is 2.22 bits per heavy atom. The van der Waals surface area contributed by atoms with Crippen LogP contribution in [-0.4, -0.2) is 24.9 Å². The number of carbonyl (C=O) groups is 2. The number of nitrogens with one attached hydrogen (secondary N) is 2. The van der Waals surface area contributed by atoms with E-state index in [1.807, 2.05) is 31.2 Å². The van der Waals surface area contributed by atoms with E-state index < -0.39 is 11.8 Å². The average molecular weight is 428 g/mol. The molecule has 0 atom stereocenters. The summed E-state index contributed by atoms with van der Waals surface area (Å²) in [5.41, 5.74) is 7.31. The number of anilines is 1. The third-order valence-corrected chi connectivity index (χ3v) is 5.91. The Bertz CT molecular complexity index is 1070. The number of amides is 2. The molecule has 0 fully saturated rings. The number of rotatable bonds is 6. The van der Waals surface area contributed by atoms with Crippen molar-refractivity contribution in [3.05, 3.63) is 101 Å². The third kappa shape index (κ3) is 5.55. The van der Waals surface area contributed by atoms with Gasteiger partial charge in [0.2, 0.25) is 0 Å². The van der Waals surface area contributed by atoms with Crippen LogP contribution in [0.3, 0.4) is 0 Å². The third-order valence-electron chi connectivity index (χ3n) is 5.91. The fraction of sp³-hybridized carbons (Fsp3) is 0.259. The largest absolute Gasteiger partial charge is 0.367 e. The minimum atomic E-state index is -0.605. The smallest absolute Gasteiger partial charge is 0.309 e. The van der Waals surface area contributed by atoms with E-state index in [2.05, 4.69) is 64.1 Å². The Kier molecular flexibility index (Phi) is 6.85. The van der Waals surface area contributed by atoms with E-state index in [1.165, 1.54) is 16.8 Å². The summed E-state index contributed by atoms with van der Waals surface area (Å²) >= 11 is 0. The minimum absolute atomic E-state index is 0.342. The SMILES string of the molecule is Cc1ccc(CNC(=O)C(=O)NCCc2ccc(N3CCc4ccccc4C3)cc2)cc1. The molecule has 0 aromatic heterocycles. The lowest BCUT2D eigenvalue weighted by molar-refractivity contribution is -0.139. The molecule has 3 aromatic carbocycles. The van der Waals surface area contributed by atoms with Crippen LogP contribution in [0.15, 0.2) is 72.8 Å². The first-order valence-electron chi connectivity index (χ1n) is 11.1. The molecule has 4 rings (SSSR count). The van der Waals surface area contributed by atoms with Gasteiger partial charge in [0.15, 0.2) is 0 Å².